The Morgan fingerprint density at radius 3 is 2.67 bits per heavy atom. The van der Waals surface area contributed by atoms with Gasteiger partial charge in [-0.2, -0.15) is 5.26 Å². The zero-order valence-corrected chi connectivity index (χ0v) is 10.8. The van der Waals surface area contributed by atoms with Crippen LogP contribution in [0.1, 0.15) is 11.3 Å². The van der Waals surface area contributed by atoms with Crippen molar-refractivity contribution in [2.75, 3.05) is 7.11 Å². The molecule has 0 saturated carbocycles. The molecule has 0 bridgehead atoms. The molecular formula is C14H11ClN2O. The number of ether oxygens (including phenoxy) is 1. The molecule has 0 unspecified atom stereocenters. The normalized spacial score (nSPS) is 9.89. The van der Waals surface area contributed by atoms with Crippen LogP contribution >= 0.6 is 11.6 Å². The third-order valence-corrected chi connectivity index (χ3v) is 2.88. The first-order valence-electron chi connectivity index (χ1n) is 5.37. The highest BCUT2D eigenvalue weighted by atomic mass is 35.5. The van der Waals surface area contributed by atoms with Gasteiger partial charge in [0.15, 0.2) is 0 Å². The van der Waals surface area contributed by atoms with Crippen LogP contribution in [0.5, 0.6) is 5.75 Å². The fraction of sp³-hybridized carbons (Fsp3) is 0.143. The predicted octanol–water partition coefficient (Wildman–Crippen LogP) is 3.59. The van der Waals surface area contributed by atoms with E-state index >= 15 is 0 Å². The van der Waals surface area contributed by atoms with Crippen LogP contribution in [-0.4, -0.2) is 12.1 Å². The lowest BCUT2D eigenvalue weighted by atomic mass is 10.1. The van der Waals surface area contributed by atoms with Crippen LogP contribution in [0.3, 0.4) is 0 Å². The number of aromatic nitrogens is 1. The fourth-order valence-corrected chi connectivity index (χ4v) is 1.88. The third-order valence-electron chi connectivity index (χ3n) is 2.64. The highest BCUT2D eigenvalue weighted by Gasteiger charge is 2.09. The van der Waals surface area contributed by atoms with E-state index < -0.39 is 0 Å². The molecule has 18 heavy (non-hydrogen) atoms. The summed E-state index contributed by atoms with van der Waals surface area (Å²) in [7, 11) is 1.60. The number of nitriles is 1. The van der Waals surface area contributed by atoms with E-state index in [0.717, 1.165) is 11.3 Å². The quantitative estimate of drug-likeness (QED) is 0.827. The van der Waals surface area contributed by atoms with Gasteiger partial charge in [-0.3, -0.25) is 4.98 Å². The van der Waals surface area contributed by atoms with E-state index in [1.807, 2.05) is 0 Å². The topological polar surface area (TPSA) is 45.9 Å². The third kappa shape index (κ3) is 2.29. The number of methoxy groups -OCH3 is 1. The van der Waals surface area contributed by atoms with Gasteiger partial charge in [-0.1, -0.05) is 11.6 Å². The van der Waals surface area contributed by atoms with Crippen molar-refractivity contribution in [1.82, 2.24) is 4.98 Å². The van der Waals surface area contributed by atoms with Gasteiger partial charge in [-0.25, -0.2) is 0 Å². The maximum atomic E-state index is 8.89. The van der Waals surface area contributed by atoms with E-state index in [0.29, 0.717) is 22.0 Å². The number of pyridine rings is 1. The van der Waals surface area contributed by atoms with Crippen molar-refractivity contribution in [3.63, 3.8) is 0 Å². The van der Waals surface area contributed by atoms with E-state index in [-0.39, 0.29) is 0 Å². The highest BCUT2D eigenvalue weighted by Crippen LogP contribution is 2.31. The van der Waals surface area contributed by atoms with E-state index in [4.69, 9.17) is 21.6 Å². The number of hydrogen-bond donors (Lipinski definition) is 0. The zero-order valence-electron chi connectivity index (χ0n) is 10.1. The Morgan fingerprint density at radius 2 is 2.06 bits per heavy atom. The number of aryl methyl sites for hydroxylation is 1. The van der Waals surface area contributed by atoms with Gasteiger partial charge in [0.05, 0.1) is 24.1 Å². The largest absolute Gasteiger partial charge is 0.496 e. The SMILES string of the molecule is COc1ccc(Cl)cc1-c1ccc(C#N)c(C)n1. The molecule has 2 aromatic rings. The molecule has 0 N–H and O–H groups in total. The van der Waals surface area contributed by atoms with Crippen molar-refractivity contribution >= 4 is 11.6 Å². The fourth-order valence-electron chi connectivity index (χ4n) is 1.71. The van der Waals surface area contributed by atoms with E-state index in [9.17, 15) is 0 Å². The first-order chi connectivity index (χ1) is 8.65. The molecule has 2 rings (SSSR count). The van der Waals surface area contributed by atoms with Gasteiger partial charge in [0.25, 0.3) is 0 Å². The Balaban J connectivity index is 2.58. The Morgan fingerprint density at radius 1 is 1.28 bits per heavy atom. The molecular weight excluding hydrogens is 248 g/mol. The van der Waals surface area contributed by atoms with Gasteiger partial charge in [-0.05, 0) is 37.3 Å². The summed E-state index contributed by atoms with van der Waals surface area (Å²) in [5.41, 5.74) is 2.82. The van der Waals surface area contributed by atoms with Gasteiger partial charge < -0.3 is 4.74 Å². The summed E-state index contributed by atoms with van der Waals surface area (Å²) in [6.07, 6.45) is 0. The lowest BCUT2D eigenvalue weighted by Crippen LogP contribution is -1.93. The Kier molecular flexibility index (Phi) is 3.50. The molecule has 90 valence electrons. The van der Waals surface area contributed by atoms with Crippen LogP contribution in [0, 0.1) is 18.3 Å². The van der Waals surface area contributed by atoms with Crippen molar-refractivity contribution in [2.45, 2.75) is 6.92 Å². The molecule has 0 spiro atoms. The number of nitrogens with zero attached hydrogens (tertiary/aromatic N) is 2. The summed E-state index contributed by atoms with van der Waals surface area (Å²) >= 11 is 5.99. The molecule has 1 aromatic carbocycles. The Labute approximate surface area is 111 Å². The van der Waals surface area contributed by atoms with Crippen molar-refractivity contribution in [1.29, 1.82) is 5.26 Å². The Bertz CT molecular complexity index is 632. The number of rotatable bonds is 2. The van der Waals surface area contributed by atoms with Crippen molar-refractivity contribution < 1.29 is 4.74 Å². The highest BCUT2D eigenvalue weighted by molar-refractivity contribution is 6.30. The minimum Gasteiger partial charge on any atom is -0.496 e. The number of benzene rings is 1. The minimum atomic E-state index is 0.569. The second kappa shape index (κ2) is 5.07. The second-order valence-corrected chi connectivity index (χ2v) is 4.22. The maximum absolute atomic E-state index is 8.89. The molecule has 0 radical (unpaired) electrons. The average molecular weight is 259 g/mol. The molecule has 0 aliphatic heterocycles. The molecule has 1 heterocycles. The molecule has 4 heteroatoms. The van der Waals surface area contributed by atoms with E-state index in [1.54, 1.807) is 44.4 Å². The summed E-state index contributed by atoms with van der Waals surface area (Å²) in [4.78, 5) is 4.40. The van der Waals surface area contributed by atoms with Crippen LogP contribution in [-0.2, 0) is 0 Å². The van der Waals surface area contributed by atoms with Crippen LogP contribution in [0.2, 0.25) is 5.02 Å². The van der Waals surface area contributed by atoms with Crippen LogP contribution in [0.15, 0.2) is 30.3 Å². The predicted molar refractivity (Wildman–Crippen MR) is 70.7 cm³/mol. The van der Waals surface area contributed by atoms with Crippen LogP contribution < -0.4 is 4.74 Å². The molecule has 0 fully saturated rings. The van der Waals surface area contributed by atoms with Crippen molar-refractivity contribution in [2.24, 2.45) is 0 Å². The average Bonchev–Trinajstić information content (AvgIpc) is 2.38. The van der Waals surface area contributed by atoms with Gasteiger partial charge >= 0.3 is 0 Å². The Hall–Kier alpha value is -2.05. The first-order valence-corrected chi connectivity index (χ1v) is 5.75. The van der Waals surface area contributed by atoms with Crippen LogP contribution in [0.4, 0.5) is 0 Å². The van der Waals surface area contributed by atoms with Crippen molar-refractivity contribution in [3.8, 4) is 23.1 Å². The number of halogens is 1. The summed E-state index contributed by atoms with van der Waals surface area (Å²) in [5, 5.41) is 9.51. The lowest BCUT2D eigenvalue weighted by molar-refractivity contribution is 0.416. The summed E-state index contributed by atoms with van der Waals surface area (Å²) < 4.78 is 5.29. The van der Waals surface area contributed by atoms with Gasteiger partial charge in [0.1, 0.15) is 11.8 Å². The molecule has 0 saturated heterocycles. The van der Waals surface area contributed by atoms with E-state index in [1.165, 1.54) is 0 Å². The standard InChI is InChI=1S/C14H11ClN2O/c1-9-10(8-16)3-5-13(17-9)12-7-11(15)4-6-14(12)18-2/h3-7H,1-2H3. The van der Waals surface area contributed by atoms with E-state index in [2.05, 4.69) is 11.1 Å². The lowest BCUT2D eigenvalue weighted by Gasteiger charge is -2.09. The van der Waals surface area contributed by atoms with Crippen LogP contribution in [0.25, 0.3) is 11.3 Å². The molecule has 0 aliphatic carbocycles. The smallest absolute Gasteiger partial charge is 0.128 e. The van der Waals surface area contributed by atoms with Gasteiger partial charge in [0, 0.05) is 10.6 Å². The molecule has 0 amide bonds. The monoisotopic (exact) mass is 258 g/mol. The molecule has 0 aliphatic rings. The number of hydrogen-bond acceptors (Lipinski definition) is 3. The van der Waals surface area contributed by atoms with Gasteiger partial charge in [-0.15, -0.1) is 0 Å². The second-order valence-electron chi connectivity index (χ2n) is 3.79. The molecule has 1 aromatic heterocycles. The minimum absolute atomic E-state index is 0.569. The maximum Gasteiger partial charge on any atom is 0.128 e. The molecule has 3 nitrogen and oxygen atoms in total. The summed E-state index contributed by atoms with van der Waals surface area (Å²) in [5.74, 6) is 0.705. The summed E-state index contributed by atoms with van der Waals surface area (Å²) in [6.45, 7) is 1.80. The molecule has 0 atom stereocenters. The van der Waals surface area contributed by atoms with Gasteiger partial charge in [0.2, 0.25) is 0 Å². The zero-order chi connectivity index (χ0) is 13.1. The first kappa shape index (κ1) is 12.4. The summed E-state index contributed by atoms with van der Waals surface area (Å²) in [6, 6.07) is 11.0. The van der Waals surface area contributed by atoms with Crippen molar-refractivity contribution in [3.05, 3.63) is 46.6 Å².